The summed E-state index contributed by atoms with van der Waals surface area (Å²) in [5, 5.41) is -0.545. The summed E-state index contributed by atoms with van der Waals surface area (Å²) < 4.78 is 36.8. The molecule has 1 saturated heterocycles. The lowest BCUT2D eigenvalue weighted by molar-refractivity contribution is 0.0655. The first-order chi connectivity index (χ1) is 12.3. The molecular weight excluding hydrogens is 357 g/mol. The number of likely N-dealkylation sites (tertiary alicyclic amines) is 1. The van der Waals surface area contributed by atoms with Crippen LogP contribution in [0.2, 0.25) is 0 Å². The van der Waals surface area contributed by atoms with Gasteiger partial charge in [-0.15, -0.1) is 0 Å². The summed E-state index contributed by atoms with van der Waals surface area (Å²) in [7, 11) is -3.18. The van der Waals surface area contributed by atoms with E-state index in [1.54, 1.807) is 31.2 Å². The van der Waals surface area contributed by atoms with Crippen molar-refractivity contribution in [3.63, 3.8) is 0 Å². The van der Waals surface area contributed by atoms with E-state index in [2.05, 4.69) is 0 Å². The Morgan fingerprint density at radius 2 is 1.62 bits per heavy atom. The van der Waals surface area contributed by atoms with E-state index in [4.69, 9.17) is 0 Å². The molecule has 0 unspecified atom stereocenters. The van der Waals surface area contributed by atoms with Gasteiger partial charge in [-0.3, -0.25) is 9.59 Å². The second-order valence-electron chi connectivity index (χ2n) is 6.17. The van der Waals surface area contributed by atoms with Gasteiger partial charge in [-0.1, -0.05) is 25.1 Å². The minimum atomic E-state index is -3.18. The topological polar surface area (TPSA) is 71.5 Å². The highest BCUT2D eigenvalue weighted by molar-refractivity contribution is 7.92. The predicted octanol–water partition coefficient (Wildman–Crippen LogP) is 2.32. The van der Waals surface area contributed by atoms with Gasteiger partial charge in [0.25, 0.3) is 5.91 Å². The number of ketones is 1. The van der Waals surface area contributed by atoms with E-state index in [9.17, 15) is 22.4 Å². The lowest BCUT2D eigenvalue weighted by Gasteiger charge is -2.38. The number of hydrogen-bond acceptors (Lipinski definition) is 4. The maximum atomic E-state index is 13.1. The van der Waals surface area contributed by atoms with Crippen molar-refractivity contribution in [1.82, 2.24) is 4.90 Å². The van der Waals surface area contributed by atoms with Crippen LogP contribution in [0.25, 0.3) is 0 Å². The van der Waals surface area contributed by atoms with E-state index >= 15 is 0 Å². The molecule has 2 aromatic carbocycles. The number of benzene rings is 2. The third kappa shape index (κ3) is 3.39. The van der Waals surface area contributed by atoms with Crippen molar-refractivity contribution >= 4 is 21.5 Å². The number of nitrogens with zero attached hydrogens (tertiary/aromatic N) is 1. The Hall–Kier alpha value is -2.54. The molecule has 0 bridgehead atoms. The van der Waals surface area contributed by atoms with Crippen LogP contribution in [0.3, 0.4) is 0 Å². The van der Waals surface area contributed by atoms with E-state index in [0.717, 1.165) is 0 Å². The van der Waals surface area contributed by atoms with Crippen LogP contribution in [0.1, 0.15) is 33.2 Å². The Balaban J connectivity index is 1.83. The second kappa shape index (κ2) is 6.99. The summed E-state index contributed by atoms with van der Waals surface area (Å²) in [6, 6.07) is 11.5. The Labute approximate surface area is 151 Å². The van der Waals surface area contributed by atoms with Crippen molar-refractivity contribution in [2.75, 3.05) is 18.8 Å². The maximum absolute atomic E-state index is 13.1. The maximum Gasteiger partial charge on any atom is 0.254 e. The van der Waals surface area contributed by atoms with Crippen LogP contribution >= 0.6 is 0 Å². The van der Waals surface area contributed by atoms with Crippen LogP contribution in [0.15, 0.2) is 48.5 Å². The largest absolute Gasteiger partial charge is 0.336 e. The van der Waals surface area contributed by atoms with Crippen molar-refractivity contribution in [3.8, 4) is 0 Å². The quantitative estimate of drug-likeness (QED) is 0.752. The molecule has 1 aliphatic heterocycles. The Morgan fingerprint density at radius 1 is 1.04 bits per heavy atom. The van der Waals surface area contributed by atoms with Gasteiger partial charge in [-0.05, 0) is 30.3 Å². The molecule has 5 nitrogen and oxygen atoms in total. The van der Waals surface area contributed by atoms with Crippen LogP contribution in [0.5, 0.6) is 0 Å². The van der Waals surface area contributed by atoms with Crippen LogP contribution in [0, 0.1) is 5.82 Å². The lowest BCUT2D eigenvalue weighted by atomic mass is 9.97. The van der Waals surface area contributed by atoms with Crippen molar-refractivity contribution in [3.05, 3.63) is 71.0 Å². The van der Waals surface area contributed by atoms with Gasteiger partial charge in [0.1, 0.15) is 5.82 Å². The molecule has 1 fully saturated rings. The molecule has 0 N–H and O–H groups in total. The highest BCUT2D eigenvalue weighted by Crippen LogP contribution is 2.23. The average Bonchev–Trinajstić information content (AvgIpc) is 2.60. The standard InChI is InChI=1S/C19H18FNO4S/c1-2-26(24,25)15-11-21(12-15)19(23)17-6-4-3-5-16(17)18(22)13-7-9-14(20)10-8-13/h3-10,15H,2,11-12H2,1H3. The molecule has 0 spiro atoms. The van der Waals surface area contributed by atoms with Crippen LogP contribution in [-0.4, -0.2) is 49.1 Å². The number of carbonyl (C=O) groups excluding carboxylic acids is 2. The zero-order valence-electron chi connectivity index (χ0n) is 14.2. The Morgan fingerprint density at radius 3 is 2.19 bits per heavy atom. The summed E-state index contributed by atoms with van der Waals surface area (Å²) in [6.45, 7) is 1.85. The van der Waals surface area contributed by atoms with Crippen LogP contribution in [0.4, 0.5) is 4.39 Å². The fourth-order valence-corrected chi connectivity index (χ4v) is 4.15. The number of halogens is 1. The molecule has 0 saturated carbocycles. The number of carbonyl (C=O) groups is 2. The van der Waals surface area contributed by atoms with E-state index in [0.29, 0.717) is 0 Å². The van der Waals surface area contributed by atoms with Gasteiger partial charge in [0.15, 0.2) is 15.6 Å². The van der Waals surface area contributed by atoms with Gasteiger partial charge in [0.2, 0.25) is 0 Å². The smallest absolute Gasteiger partial charge is 0.254 e. The van der Waals surface area contributed by atoms with Gasteiger partial charge in [-0.25, -0.2) is 12.8 Å². The van der Waals surface area contributed by atoms with Crippen LogP contribution < -0.4 is 0 Å². The van der Waals surface area contributed by atoms with Gasteiger partial charge in [0.05, 0.1) is 10.8 Å². The zero-order chi connectivity index (χ0) is 18.9. The highest BCUT2D eigenvalue weighted by atomic mass is 32.2. The third-order valence-electron chi connectivity index (χ3n) is 4.55. The SMILES string of the molecule is CCS(=O)(=O)C1CN(C(=O)c2ccccc2C(=O)c2ccc(F)cc2)C1. The molecule has 136 valence electrons. The number of hydrogen-bond donors (Lipinski definition) is 0. The first-order valence-electron chi connectivity index (χ1n) is 8.23. The molecule has 0 aromatic heterocycles. The van der Waals surface area contributed by atoms with E-state index in [1.165, 1.54) is 29.2 Å². The predicted molar refractivity (Wildman–Crippen MR) is 95.4 cm³/mol. The first kappa shape index (κ1) is 18.3. The molecule has 1 heterocycles. The third-order valence-corrected chi connectivity index (χ3v) is 6.67. The van der Waals surface area contributed by atoms with Gasteiger partial charge in [0, 0.05) is 30.0 Å². The van der Waals surface area contributed by atoms with E-state index in [1.807, 2.05) is 0 Å². The van der Waals surface area contributed by atoms with E-state index in [-0.39, 0.29) is 47.2 Å². The van der Waals surface area contributed by atoms with E-state index < -0.39 is 20.9 Å². The molecule has 7 heteroatoms. The Kier molecular flexibility index (Phi) is 4.91. The fraction of sp³-hybridized carbons (Fsp3) is 0.263. The number of amides is 1. The van der Waals surface area contributed by atoms with Gasteiger partial charge < -0.3 is 4.90 Å². The molecule has 3 rings (SSSR count). The molecule has 26 heavy (non-hydrogen) atoms. The number of rotatable bonds is 5. The van der Waals surface area contributed by atoms with Gasteiger partial charge >= 0.3 is 0 Å². The summed E-state index contributed by atoms with van der Waals surface area (Å²) >= 11 is 0. The molecule has 2 aromatic rings. The molecule has 0 radical (unpaired) electrons. The highest BCUT2D eigenvalue weighted by Gasteiger charge is 2.39. The number of sulfone groups is 1. The minimum Gasteiger partial charge on any atom is -0.336 e. The monoisotopic (exact) mass is 375 g/mol. The summed E-state index contributed by atoms with van der Waals surface area (Å²) in [5.74, 6) is -1.17. The van der Waals surface area contributed by atoms with Gasteiger partial charge in [-0.2, -0.15) is 0 Å². The Bertz CT molecular complexity index is 948. The molecular formula is C19H18FNO4S. The minimum absolute atomic E-state index is 0.0410. The van der Waals surface area contributed by atoms with Crippen molar-refractivity contribution in [2.24, 2.45) is 0 Å². The van der Waals surface area contributed by atoms with Crippen molar-refractivity contribution < 1.29 is 22.4 Å². The second-order valence-corrected chi connectivity index (χ2v) is 8.74. The van der Waals surface area contributed by atoms with Crippen molar-refractivity contribution in [1.29, 1.82) is 0 Å². The summed E-state index contributed by atoms with van der Waals surface area (Å²) in [4.78, 5) is 26.8. The molecule has 0 aliphatic carbocycles. The van der Waals surface area contributed by atoms with Crippen molar-refractivity contribution in [2.45, 2.75) is 12.2 Å². The zero-order valence-corrected chi connectivity index (χ0v) is 15.0. The van der Waals surface area contributed by atoms with Crippen LogP contribution in [-0.2, 0) is 9.84 Å². The molecule has 1 amide bonds. The lowest BCUT2D eigenvalue weighted by Crippen LogP contribution is -2.57. The molecule has 0 atom stereocenters. The summed E-state index contributed by atoms with van der Waals surface area (Å²) in [5.41, 5.74) is 0.710. The molecule has 1 aliphatic rings. The fourth-order valence-electron chi connectivity index (χ4n) is 2.86. The summed E-state index contributed by atoms with van der Waals surface area (Å²) in [6.07, 6.45) is 0. The first-order valence-corrected chi connectivity index (χ1v) is 9.95. The average molecular weight is 375 g/mol. The normalized spacial score (nSPS) is 14.8.